The number of ether oxygens (including phenoxy) is 1. The van der Waals surface area contributed by atoms with Crippen LogP contribution in [-0.4, -0.2) is 13.1 Å². The van der Waals surface area contributed by atoms with E-state index in [9.17, 15) is 15.3 Å². The summed E-state index contributed by atoms with van der Waals surface area (Å²) in [6, 6.07) is 13.4. The van der Waals surface area contributed by atoms with Crippen LogP contribution < -0.4 is 0 Å². The highest BCUT2D eigenvalue weighted by molar-refractivity contribution is 5.77. The molecule has 0 amide bonds. The molecule has 0 saturated heterocycles. The van der Waals surface area contributed by atoms with Gasteiger partial charge in [0.1, 0.15) is 0 Å². The topological polar surface area (TPSA) is 73.9 Å². The van der Waals surface area contributed by atoms with Crippen molar-refractivity contribution in [3.05, 3.63) is 35.9 Å². The molecule has 1 saturated carbocycles. The smallest absolute Gasteiger partial charge is 0.311 e. The molecule has 1 aromatic rings. The van der Waals surface area contributed by atoms with Crippen LogP contribution in [0, 0.1) is 34.0 Å². The van der Waals surface area contributed by atoms with Crippen LogP contribution in [0.15, 0.2) is 30.3 Å². The van der Waals surface area contributed by atoms with Crippen LogP contribution >= 0.6 is 0 Å². The number of nitrogens with zero attached hydrogens (tertiary/aromatic N) is 2. The van der Waals surface area contributed by atoms with Crippen LogP contribution in [0.1, 0.15) is 17.9 Å². The second kappa shape index (κ2) is 4.50. The maximum Gasteiger partial charge on any atom is 0.311 e. The highest BCUT2D eigenvalue weighted by Crippen LogP contribution is 2.56. The van der Waals surface area contributed by atoms with Gasteiger partial charge in [-0.3, -0.25) is 4.79 Å². The fraction of sp³-hybridized carbons (Fsp3) is 0.357. The number of rotatable bonds is 2. The van der Waals surface area contributed by atoms with E-state index in [0.717, 1.165) is 5.56 Å². The van der Waals surface area contributed by atoms with Gasteiger partial charge in [-0.05, 0) is 12.0 Å². The largest absolute Gasteiger partial charge is 0.469 e. The van der Waals surface area contributed by atoms with E-state index in [1.54, 1.807) is 0 Å². The third-order valence-corrected chi connectivity index (χ3v) is 3.63. The average Bonchev–Trinajstić information content (AvgIpc) is 2.40. The molecule has 1 aliphatic carbocycles. The van der Waals surface area contributed by atoms with Gasteiger partial charge in [-0.15, -0.1) is 0 Å². The molecule has 4 nitrogen and oxygen atoms in total. The molecule has 18 heavy (non-hydrogen) atoms. The second-order valence-corrected chi connectivity index (χ2v) is 4.37. The third-order valence-electron chi connectivity index (χ3n) is 3.63. The zero-order valence-corrected chi connectivity index (χ0v) is 9.96. The summed E-state index contributed by atoms with van der Waals surface area (Å²) in [5.74, 6) is -1.36. The Hall–Kier alpha value is -2.33. The van der Waals surface area contributed by atoms with Gasteiger partial charge in [0.15, 0.2) is 5.41 Å². The first-order valence-corrected chi connectivity index (χ1v) is 5.65. The predicted octanol–water partition coefficient (Wildman–Crippen LogP) is 2.00. The summed E-state index contributed by atoms with van der Waals surface area (Å²) in [4.78, 5) is 11.6. The van der Waals surface area contributed by atoms with Crippen molar-refractivity contribution in [2.45, 2.75) is 12.3 Å². The molecule has 4 heteroatoms. The maximum absolute atomic E-state index is 11.6. The molecule has 0 aromatic heterocycles. The molecule has 0 radical (unpaired) electrons. The normalized spacial score (nSPS) is 24.2. The molecule has 0 heterocycles. The summed E-state index contributed by atoms with van der Waals surface area (Å²) < 4.78 is 4.66. The Morgan fingerprint density at radius 3 is 2.44 bits per heavy atom. The Morgan fingerprint density at radius 1 is 1.33 bits per heavy atom. The molecular weight excluding hydrogens is 228 g/mol. The minimum Gasteiger partial charge on any atom is -0.469 e. The lowest BCUT2D eigenvalue weighted by atomic mass is 9.52. The lowest BCUT2D eigenvalue weighted by Gasteiger charge is -2.45. The summed E-state index contributed by atoms with van der Waals surface area (Å²) in [6.45, 7) is 0. The quantitative estimate of drug-likeness (QED) is 0.741. The lowest BCUT2D eigenvalue weighted by Crippen LogP contribution is -2.49. The molecule has 0 unspecified atom stereocenters. The maximum atomic E-state index is 11.6. The van der Waals surface area contributed by atoms with E-state index < -0.39 is 17.3 Å². The number of hydrogen-bond acceptors (Lipinski definition) is 4. The number of methoxy groups -OCH3 is 1. The molecular formula is C14H12N2O2. The third kappa shape index (κ3) is 1.55. The average molecular weight is 240 g/mol. The van der Waals surface area contributed by atoms with Crippen molar-refractivity contribution in [2.75, 3.05) is 7.11 Å². The monoisotopic (exact) mass is 240 g/mol. The highest BCUT2D eigenvalue weighted by Gasteiger charge is 2.60. The minimum atomic E-state index is -1.30. The van der Waals surface area contributed by atoms with Gasteiger partial charge in [-0.2, -0.15) is 10.5 Å². The summed E-state index contributed by atoms with van der Waals surface area (Å²) in [5.41, 5.74) is -0.380. The number of nitriles is 2. The van der Waals surface area contributed by atoms with Crippen molar-refractivity contribution in [3.8, 4) is 12.1 Å². The summed E-state index contributed by atoms with van der Waals surface area (Å²) in [6.07, 6.45) is 0.484. The van der Waals surface area contributed by atoms with Crippen molar-refractivity contribution in [2.24, 2.45) is 11.3 Å². The molecule has 1 aromatic carbocycles. The molecule has 0 aliphatic heterocycles. The van der Waals surface area contributed by atoms with Gasteiger partial charge in [0, 0.05) is 5.92 Å². The fourth-order valence-electron chi connectivity index (χ4n) is 2.54. The molecule has 2 atom stereocenters. The summed E-state index contributed by atoms with van der Waals surface area (Å²) in [5, 5.41) is 18.6. The van der Waals surface area contributed by atoms with Crippen LogP contribution in [-0.2, 0) is 9.53 Å². The fourth-order valence-corrected chi connectivity index (χ4v) is 2.54. The van der Waals surface area contributed by atoms with Crippen molar-refractivity contribution in [1.82, 2.24) is 0 Å². The number of benzene rings is 1. The van der Waals surface area contributed by atoms with Gasteiger partial charge >= 0.3 is 5.97 Å². The van der Waals surface area contributed by atoms with Crippen molar-refractivity contribution in [1.29, 1.82) is 10.5 Å². The number of carbonyl (C=O) groups is 1. The molecule has 0 N–H and O–H groups in total. The van der Waals surface area contributed by atoms with E-state index in [4.69, 9.17) is 0 Å². The van der Waals surface area contributed by atoms with Gasteiger partial charge in [0.05, 0.1) is 25.2 Å². The van der Waals surface area contributed by atoms with Gasteiger partial charge in [-0.1, -0.05) is 30.3 Å². The zero-order valence-electron chi connectivity index (χ0n) is 9.96. The van der Waals surface area contributed by atoms with Crippen LogP contribution in [0.4, 0.5) is 0 Å². The summed E-state index contributed by atoms with van der Waals surface area (Å²) in [7, 11) is 1.28. The molecule has 1 fully saturated rings. The van der Waals surface area contributed by atoms with Crippen LogP contribution in [0.2, 0.25) is 0 Å². The number of esters is 1. The SMILES string of the molecule is COC(=O)[C@H]1C[C@@H](c2ccccc2)C1(C#N)C#N. The molecule has 1 aliphatic rings. The van der Waals surface area contributed by atoms with Crippen LogP contribution in [0.5, 0.6) is 0 Å². The Kier molecular flexibility index (Phi) is 3.04. The molecule has 2 rings (SSSR count). The summed E-state index contributed by atoms with van der Waals surface area (Å²) >= 11 is 0. The van der Waals surface area contributed by atoms with Gasteiger partial charge in [0.25, 0.3) is 0 Å². The van der Waals surface area contributed by atoms with Crippen LogP contribution in [0.3, 0.4) is 0 Å². The molecule has 0 spiro atoms. The van der Waals surface area contributed by atoms with Gasteiger partial charge in [-0.25, -0.2) is 0 Å². The van der Waals surface area contributed by atoms with Crippen molar-refractivity contribution in [3.63, 3.8) is 0 Å². The Morgan fingerprint density at radius 2 is 1.94 bits per heavy atom. The number of hydrogen-bond donors (Lipinski definition) is 0. The zero-order chi connectivity index (χ0) is 13.2. The van der Waals surface area contributed by atoms with Crippen LogP contribution in [0.25, 0.3) is 0 Å². The molecule has 0 bridgehead atoms. The first kappa shape index (κ1) is 12.1. The first-order valence-electron chi connectivity index (χ1n) is 5.65. The van der Waals surface area contributed by atoms with Crippen molar-refractivity contribution < 1.29 is 9.53 Å². The Bertz CT molecular complexity index is 525. The number of carbonyl (C=O) groups excluding carboxylic acids is 1. The second-order valence-electron chi connectivity index (χ2n) is 4.37. The van der Waals surface area contributed by atoms with Gasteiger partial charge in [0.2, 0.25) is 0 Å². The van der Waals surface area contributed by atoms with E-state index in [2.05, 4.69) is 4.74 Å². The molecule has 90 valence electrons. The van der Waals surface area contributed by atoms with E-state index in [1.165, 1.54) is 7.11 Å². The lowest BCUT2D eigenvalue weighted by molar-refractivity contribution is -0.153. The Labute approximate surface area is 105 Å². The Balaban J connectivity index is 2.36. The van der Waals surface area contributed by atoms with E-state index in [-0.39, 0.29) is 5.92 Å². The minimum absolute atomic E-state index is 0.224. The first-order chi connectivity index (χ1) is 8.69. The highest BCUT2D eigenvalue weighted by atomic mass is 16.5. The van der Waals surface area contributed by atoms with E-state index in [1.807, 2.05) is 42.5 Å². The predicted molar refractivity (Wildman–Crippen MR) is 63.0 cm³/mol. The standard InChI is InChI=1S/C14H12N2O2/c1-18-13(17)12-7-11(14(12,8-15)9-16)10-5-3-2-4-6-10/h2-6,11-12H,7H2,1H3/t11-,12+/m0/s1. The van der Waals surface area contributed by atoms with Gasteiger partial charge < -0.3 is 4.74 Å². The van der Waals surface area contributed by atoms with E-state index >= 15 is 0 Å². The van der Waals surface area contributed by atoms with Crippen molar-refractivity contribution >= 4 is 5.97 Å². The van der Waals surface area contributed by atoms with E-state index in [0.29, 0.717) is 6.42 Å².